The van der Waals surface area contributed by atoms with Gasteiger partial charge < -0.3 is 9.84 Å². The van der Waals surface area contributed by atoms with Gasteiger partial charge in [0.15, 0.2) is 0 Å². The lowest BCUT2D eigenvalue weighted by atomic mass is 10.0. The van der Waals surface area contributed by atoms with Gasteiger partial charge >= 0.3 is 0 Å². The maximum absolute atomic E-state index is 12.1. The van der Waals surface area contributed by atoms with E-state index in [-0.39, 0.29) is 22.8 Å². The van der Waals surface area contributed by atoms with Crippen molar-refractivity contribution in [2.45, 2.75) is 6.42 Å². The number of aromatic hydroxyl groups is 1. The molecule has 1 heterocycles. The number of nitrogens with one attached hydrogen (secondary N) is 1. The molecule has 0 unspecified atom stereocenters. The zero-order valence-corrected chi connectivity index (χ0v) is 14.7. The molecular weight excluding hydrogens is 363 g/mol. The van der Waals surface area contributed by atoms with Gasteiger partial charge in [-0.05, 0) is 36.4 Å². The Morgan fingerprint density at radius 1 is 1.08 bits per heavy atom. The molecule has 7 heteroatoms. The Kier molecular flexibility index (Phi) is 4.97. The summed E-state index contributed by atoms with van der Waals surface area (Å²) in [5, 5.41) is 17.2. The van der Waals surface area contributed by atoms with E-state index in [1.54, 1.807) is 19.2 Å². The van der Waals surface area contributed by atoms with Crippen molar-refractivity contribution in [3.8, 4) is 22.8 Å². The maximum atomic E-state index is 12.1. The lowest BCUT2D eigenvalue weighted by Gasteiger charge is -2.08. The molecular formula is C18H14Cl2N2O3. The number of H-pyrrole nitrogens is 1. The van der Waals surface area contributed by atoms with Crippen LogP contribution in [0.3, 0.4) is 0 Å². The lowest BCUT2D eigenvalue weighted by molar-refractivity contribution is 0.415. The number of aromatic amines is 1. The second-order valence-electron chi connectivity index (χ2n) is 5.41. The van der Waals surface area contributed by atoms with E-state index in [2.05, 4.69) is 10.2 Å². The predicted molar refractivity (Wildman–Crippen MR) is 97.8 cm³/mol. The van der Waals surface area contributed by atoms with Crippen LogP contribution >= 0.6 is 23.2 Å². The molecule has 0 fully saturated rings. The summed E-state index contributed by atoms with van der Waals surface area (Å²) in [5.41, 5.74) is 2.07. The van der Waals surface area contributed by atoms with Gasteiger partial charge in [0.2, 0.25) is 0 Å². The Bertz CT molecular complexity index is 969. The van der Waals surface area contributed by atoms with Crippen LogP contribution in [0.25, 0.3) is 11.3 Å². The summed E-state index contributed by atoms with van der Waals surface area (Å²) in [4.78, 5) is 12.1. The Balaban J connectivity index is 1.97. The fraction of sp³-hybridized carbons (Fsp3) is 0.111. The van der Waals surface area contributed by atoms with Gasteiger partial charge in [-0.25, -0.2) is 5.10 Å². The first-order valence-electron chi connectivity index (χ1n) is 7.38. The number of nitrogens with zero attached hydrogens (tertiary/aromatic N) is 1. The van der Waals surface area contributed by atoms with Crippen LogP contribution < -0.4 is 10.3 Å². The summed E-state index contributed by atoms with van der Waals surface area (Å²) in [6, 6.07) is 11.9. The molecule has 0 aliphatic carbocycles. The number of halogens is 2. The number of rotatable bonds is 4. The van der Waals surface area contributed by atoms with E-state index in [9.17, 15) is 9.90 Å². The topological polar surface area (TPSA) is 75.2 Å². The van der Waals surface area contributed by atoms with Gasteiger partial charge in [0.1, 0.15) is 11.5 Å². The van der Waals surface area contributed by atoms with Crippen molar-refractivity contribution in [1.82, 2.24) is 10.2 Å². The van der Waals surface area contributed by atoms with Crippen LogP contribution in [0.5, 0.6) is 11.5 Å². The highest BCUT2D eigenvalue weighted by Crippen LogP contribution is 2.31. The molecule has 0 saturated carbocycles. The molecule has 25 heavy (non-hydrogen) atoms. The third-order valence-electron chi connectivity index (χ3n) is 3.77. The summed E-state index contributed by atoms with van der Waals surface area (Å²) < 4.78 is 5.13. The first kappa shape index (κ1) is 17.3. The molecule has 0 atom stereocenters. The zero-order valence-electron chi connectivity index (χ0n) is 13.2. The number of phenols is 1. The molecule has 2 N–H and O–H groups in total. The van der Waals surface area contributed by atoms with E-state index in [1.165, 1.54) is 6.07 Å². The Morgan fingerprint density at radius 2 is 1.76 bits per heavy atom. The number of benzene rings is 2. The monoisotopic (exact) mass is 376 g/mol. The first-order valence-corrected chi connectivity index (χ1v) is 8.13. The van der Waals surface area contributed by atoms with Crippen molar-refractivity contribution < 1.29 is 9.84 Å². The van der Waals surface area contributed by atoms with Crippen molar-refractivity contribution in [2.24, 2.45) is 0 Å². The minimum atomic E-state index is -0.331. The average molecular weight is 377 g/mol. The second-order valence-corrected chi connectivity index (χ2v) is 6.22. The number of methoxy groups -OCH3 is 1. The van der Waals surface area contributed by atoms with Crippen LogP contribution in [0.1, 0.15) is 11.1 Å². The van der Waals surface area contributed by atoms with E-state index in [4.69, 9.17) is 27.9 Å². The van der Waals surface area contributed by atoms with Crippen molar-refractivity contribution >= 4 is 23.2 Å². The minimum absolute atomic E-state index is 0.0170. The fourth-order valence-electron chi connectivity index (χ4n) is 2.41. The Morgan fingerprint density at radius 3 is 2.44 bits per heavy atom. The molecule has 3 aromatic rings. The largest absolute Gasteiger partial charge is 0.508 e. The van der Waals surface area contributed by atoms with Crippen LogP contribution in [0.4, 0.5) is 0 Å². The number of ether oxygens (including phenoxy) is 1. The van der Waals surface area contributed by atoms with Gasteiger partial charge in [-0.2, -0.15) is 5.10 Å². The summed E-state index contributed by atoms with van der Waals surface area (Å²) in [7, 11) is 1.59. The highest BCUT2D eigenvalue weighted by molar-refractivity contribution is 6.42. The third kappa shape index (κ3) is 3.78. The smallest absolute Gasteiger partial charge is 0.267 e. The van der Waals surface area contributed by atoms with Crippen molar-refractivity contribution in [3.05, 3.63) is 74.0 Å². The van der Waals surface area contributed by atoms with Crippen LogP contribution in [0.2, 0.25) is 10.0 Å². The van der Waals surface area contributed by atoms with Gasteiger partial charge in [-0.3, -0.25) is 4.79 Å². The average Bonchev–Trinajstić information content (AvgIpc) is 2.61. The number of aromatic nitrogens is 2. The molecule has 0 spiro atoms. The highest BCUT2D eigenvalue weighted by atomic mass is 35.5. The summed E-state index contributed by atoms with van der Waals surface area (Å²) in [5.74, 6) is 0.714. The molecule has 128 valence electrons. The zero-order chi connectivity index (χ0) is 18.0. The third-order valence-corrected chi connectivity index (χ3v) is 4.49. The fourth-order valence-corrected chi connectivity index (χ4v) is 2.76. The highest BCUT2D eigenvalue weighted by Gasteiger charge is 2.11. The lowest BCUT2D eigenvalue weighted by Crippen LogP contribution is -2.15. The van der Waals surface area contributed by atoms with E-state index in [0.717, 1.165) is 11.3 Å². The normalized spacial score (nSPS) is 10.7. The van der Waals surface area contributed by atoms with Gasteiger partial charge in [0.25, 0.3) is 5.56 Å². The molecule has 0 radical (unpaired) electrons. The van der Waals surface area contributed by atoms with Gasteiger partial charge in [0, 0.05) is 29.2 Å². The van der Waals surface area contributed by atoms with E-state index in [1.807, 2.05) is 24.3 Å². The molecule has 0 amide bonds. The summed E-state index contributed by atoms with van der Waals surface area (Å²) in [6.07, 6.45) is 0.198. The van der Waals surface area contributed by atoms with Gasteiger partial charge in [0.05, 0.1) is 22.8 Å². The number of phenolic OH excluding ortho intramolecular Hbond substituents is 1. The van der Waals surface area contributed by atoms with Crippen LogP contribution in [0, 0.1) is 0 Å². The summed E-state index contributed by atoms with van der Waals surface area (Å²) >= 11 is 11.9. The molecule has 0 aliphatic rings. The molecule has 2 aromatic carbocycles. The maximum Gasteiger partial charge on any atom is 0.267 e. The van der Waals surface area contributed by atoms with Crippen molar-refractivity contribution in [3.63, 3.8) is 0 Å². The van der Waals surface area contributed by atoms with Crippen LogP contribution in [0.15, 0.2) is 47.3 Å². The standard InChI is InChI=1S/C18H14Cl2N2O3/c1-25-13-4-2-10(3-5-13)16-8-12(18(24)22-21-16)6-11-7-14(19)15(20)9-17(11)23/h2-5,7-9,23H,6H2,1H3,(H,22,24). The van der Waals surface area contributed by atoms with Crippen LogP contribution in [-0.4, -0.2) is 22.4 Å². The molecule has 0 saturated heterocycles. The van der Waals surface area contributed by atoms with Crippen LogP contribution in [-0.2, 0) is 6.42 Å². The molecule has 3 rings (SSSR count). The van der Waals surface area contributed by atoms with Crippen molar-refractivity contribution in [2.75, 3.05) is 7.11 Å². The van der Waals surface area contributed by atoms with E-state index in [0.29, 0.717) is 21.8 Å². The van der Waals surface area contributed by atoms with Gasteiger partial charge in [-0.15, -0.1) is 0 Å². The minimum Gasteiger partial charge on any atom is -0.508 e. The predicted octanol–water partition coefficient (Wildman–Crippen LogP) is 4.05. The first-order chi connectivity index (χ1) is 12.0. The number of hydrogen-bond donors (Lipinski definition) is 2. The number of hydrogen-bond acceptors (Lipinski definition) is 4. The Hall–Kier alpha value is -2.50. The van der Waals surface area contributed by atoms with E-state index < -0.39 is 0 Å². The van der Waals surface area contributed by atoms with E-state index >= 15 is 0 Å². The molecule has 0 bridgehead atoms. The SMILES string of the molecule is COc1ccc(-c2cc(Cc3cc(Cl)c(Cl)cc3O)c(=O)[nH]n2)cc1. The Labute approximate surface area is 153 Å². The molecule has 1 aromatic heterocycles. The quantitative estimate of drug-likeness (QED) is 0.720. The molecule has 5 nitrogen and oxygen atoms in total. The van der Waals surface area contributed by atoms with Gasteiger partial charge in [-0.1, -0.05) is 23.2 Å². The molecule has 0 aliphatic heterocycles. The second kappa shape index (κ2) is 7.17. The summed E-state index contributed by atoms with van der Waals surface area (Å²) in [6.45, 7) is 0. The van der Waals surface area contributed by atoms with Crippen molar-refractivity contribution in [1.29, 1.82) is 0 Å².